The Morgan fingerprint density at radius 2 is 1.67 bits per heavy atom. The zero-order valence-electron chi connectivity index (χ0n) is 23.2. The molecule has 1 aliphatic heterocycles. The summed E-state index contributed by atoms with van der Waals surface area (Å²) in [4.78, 5) is 33.4. The predicted octanol–water partition coefficient (Wildman–Crippen LogP) is 7.67. The van der Waals surface area contributed by atoms with Gasteiger partial charge in [-0.1, -0.05) is 96.3 Å². The monoisotopic (exact) mass is 572 g/mol. The fourth-order valence-corrected chi connectivity index (χ4v) is 6.31. The minimum Gasteiger partial charge on any atom is -0.503 e. The van der Waals surface area contributed by atoms with Crippen molar-refractivity contribution in [3.63, 3.8) is 0 Å². The second-order valence-electron chi connectivity index (χ2n) is 10.2. The Morgan fingerprint density at radius 1 is 0.976 bits per heavy atom. The molecule has 0 radical (unpaired) electrons. The maximum absolute atomic E-state index is 13.6. The minimum absolute atomic E-state index is 0.0114. The molecule has 42 heavy (non-hydrogen) atoms. The number of nitrogens with zero attached hydrogens (tertiary/aromatic N) is 2. The molecule has 0 fully saturated rings. The first-order valence-corrected chi connectivity index (χ1v) is 14.4. The highest BCUT2D eigenvalue weighted by atomic mass is 32.1. The van der Waals surface area contributed by atoms with Gasteiger partial charge >= 0.3 is 0 Å². The number of aliphatic hydroxyl groups excluding tert-OH is 1. The van der Waals surface area contributed by atoms with Crippen LogP contribution in [0.1, 0.15) is 33.9 Å². The van der Waals surface area contributed by atoms with Gasteiger partial charge in [0.2, 0.25) is 0 Å². The lowest BCUT2D eigenvalue weighted by molar-refractivity contribution is -0.117. The molecule has 1 unspecified atom stereocenters. The van der Waals surface area contributed by atoms with Crippen LogP contribution in [0.25, 0.3) is 16.3 Å². The summed E-state index contributed by atoms with van der Waals surface area (Å²) in [5.74, 6) is -1.03. The molecule has 1 amide bonds. The SMILES string of the molecule is Cc1cc(C)c2nc(N3C(=O)C(O)=C(C(=O)C=Cc4ccccc4)C3c3ccc(OCc4ccccc4)cc3)sc2c1. The number of aromatic nitrogens is 1. The number of aliphatic hydroxyl groups is 1. The molecule has 208 valence electrons. The molecular formula is C35H28N2O4S. The van der Waals surface area contributed by atoms with Crippen molar-refractivity contribution >= 4 is 44.5 Å². The van der Waals surface area contributed by atoms with Gasteiger partial charge in [-0.15, -0.1) is 0 Å². The third kappa shape index (κ3) is 5.34. The molecule has 1 aliphatic rings. The van der Waals surface area contributed by atoms with Gasteiger partial charge in [0.1, 0.15) is 12.4 Å². The molecule has 1 aromatic heterocycles. The summed E-state index contributed by atoms with van der Waals surface area (Å²) in [6.07, 6.45) is 3.07. The number of hydrogen-bond acceptors (Lipinski definition) is 6. The van der Waals surface area contributed by atoms with Crippen molar-refractivity contribution in [1.82, 2.24) is 4.98 Å². The number of rotatable bonds is 8. The van der Waals surface area contributed by atoms with Crippen LogP contribution in [0.2, 0.25) is 0 Å². The predicted molar refractivity (Wildman–Crippen MR) is 167 cm³/mol. The number of allylic oxidation sites excluding steroid dienone is 1. The van der Waals surface area contributed by atoms with Crippen molar-refractivity contribution in [2.24, 2.45) is 0 Å². The van der Waals surface area contributed by atoms with Crippen LogP contribution in [-0.4, -0.2) is 21.8 Å². The molecule has 0 saturated carbocycles. The van der Waals surface area contributed by atoms with Crippen LogP contribution in [0.3, 0.4) is 0 Å². The molecule has 6 nitrogen and oxygen atoms in total. The molecular weight excluding hydrogens is 544 g/mol. The topological polar surface area (TPSA) is 79.7 Å². The van der Waals surface area contributed by atoms with Crippen molar-refractivity contribution in [3.05, 3.63) is 142 Å². The zero-order chi connectivity index (χ0) is 29.2. The number of aryl methyl sites for hydroxylation is 2. The van der Waals surface area contributed by atoms with Gasteiger partial charge < -0.3 is 9.84 Å². The lowest BCUT2D eigenvalue weighted by Crippen LogP contribution is -2.30. The molecule has 4 aromatic carbocycles. The Kier molecular flexibility index (Phi) is 7.42. The van der Waals surface area contributed by atoms with Gasteiger partial charge in [-0.2, -0.15) is 0 Å². The Balaban J connectivity index is 1.38. The lowest BCUT2D eigenvalue weighted by atomic mass is 9.95. The van der Waals surface area contributed by atoms with E-state index in [2.05, 4.69) is 0 Å². The van der Waals surface area contributed by atoms with Crippen molar-refractivity contribution in [3.8, 4) is 5.75 Å². The van der Waals surface area contributed by atoms with Crippen LogP contribution >= 0.6 is 11.3 Å². The van der Waals surface area contributed by atoms with Crippen molar-refractivity contribution in [2.75, 3.05) is 4.90 Å². The van der Waals surface area contributed by atoms with Crippen LogP contribution in [0.4, 0.5) is 5.13 Å². The number of amides is 1. The number of hydrogen-bond donors (Lipinski definition) is 1. The number of ether oxygens (including phenoxy) is 1. The number of carbonyl (C=O) groups excluding carboxylic acids is 2. The van der Waals surface area contributed by atoms with Crippen LogP contribution in [0.15, 0.2) is 114 Å². The van der Waals surface area contributed by atoms with Crippen LogP contribution in [-0.2, 0) is 16.2 Å². The van der Waals surface area contributed by atoms with Crippen LogP contribution in [0.5, 0.6) is 5.75 Å². The van der Waals surface area contributed by atoms with E-state index in [4.69, 9.17) is 9.72 Å². The number of thiazole rings is 1. The fraction of sp³-hybridized carbons (Fsp3) is 0.114. The summed E-state index contributed by atoms with van der Waals surface area (Å²) in [6.45, 7) is 4.41. The van der Waals surface area contributed by atoms with Gasteiger partial charge in [0.25, 0.3) is 5.91 Å². The molecule has 1 atom stereocenters. The van der Waals surface area contributed by atoms with E-state index in [1.54, 1.807) is 6.08 Å². The van der Waals surface area contributed by atoms with E-state index in [0.29, 0.717) is 23.1 Å². The molecule has 7 heteroatoms. The number of benzene rings is 4. The van der Waals surface area contributed by atoms with E-state index in [-0.39, 0.29) is 5.57 Å². The van der Waals surface area contributed by atoms with E-state index in [1.807, 2.05) is 111 Å². The Hall–Kier alpha value is -5.01. The number of fused-ring (bicyclic) bond motifs is 1. The Morgan fingerprint density at radius 3 is 2.38 bits per heavy atom. The summed E-state index contributed by atoms with van der Waals surface area (Å²) in [6, 6.07) is 29.7. The first kappa shape index (κ1) is 27.2. The zero-order valence-corrected chi connectivity index (χ0v) is 24.0. The summed E-state index contributed by atoms with van der Waals surface area (Å²) in [7, 11) is 0. The number of anilines is 1. The molecule has 0 aliphatic carbocycles. The van der Waals surface area contributed by atoms with E-state index >= 15 is 0 Å². The van der Waals surface area contributed by atoms with Crippen LogP contribution < -0.4 is 9.64 Å². The van der Waals surface area contributed by atoms with E-state index in [9.17, 15) is 14.7 Å². The van der Waals surface area contributed by atoms with Crippen molar-refractivity contribution in [1.29, 1.82) is 0 Å². The summed E-state index contributed by atoms with van der Waals surface area (Å²) in [5, 5.41) is 11.5. The highest BCUT2D eigenvalue weighted by Gasteiger charge is 2.45. The Bertz CT molecular complexity index is 1840. The molecule has 2 heterocycles. The van der Waals surface area contributed by atoms with Crippen molar-refractivity contribution < 1.29 is 19.4 Å². The average Bonchev–Trinajstić information content (AvgIpc) is 3.54. The van der Waals surface area contributed by atoms with Crippen LogP contribution in [0, 0.1) is 13.8 Å². The summed E-state index contributed by atoms with van der Waals surface area (Å²) < 4.78 is 6.89. The minimum atomic E-state index is -0.865. The van der Waals surface area contributed by atoms with Gasteiger partial charge in [0.05, 0.1) is 21.8 Å². The largest absolute Gasteiger partial charge is 0.503 e. The van der Waals surface area contributed by atoms with E-state index in [1.165, 1.54) is 22.3 Å². The van der Waals surface area contributed by atoms with Gasteiger partial charge in [-0.05, 0) is 65.9 Å². The highest BCUT2D eigenvalue weighted by Crippen LogP contribution is 2.44. The second kappa shape index (κ2) is 11.5. The first-order valence-electron chi connectivity index (χ1n) is 13.6. The third-order valence-corrected chi connectivity index (χ3v) is 8.17. The Labute approximate surface area is 247 Å². The molecule has 0 spiro atoms. The first-order chi connectivity index (χ1) is 20.4. The maximum atomic E-state index is 13.6. The lowest BCUT2D eigenvalue weighted by Gasteiger charge is -2.24. The molecule has 1 N–H and O–H groups in total. The summed E-state index contributed by atoms with van der Waals surface area (Å²) >= 11 is 1.36. The smallest absolute Gasteiger partial charge is 0.296 e. The molecule has 5 aromatic rings. The third-order valence-electron chi connectivity index (χ3n) is 7.17. The highest BCUT2D eigenvalue weighted by molar-refractivity contribution is 7.22. The van der Waals surface area contributed by atoms with Gasteiger partial charge in [-0.3, -0.25) is 14.5 Å². The molecule has 0 saturated heterocycles. The normalized spacial score (nSPS) is 15.2. The number of ketones is 1. The molecule has 0 bridgehead atoms. The number of carbonyl (C=O) groups is 2. The maximum Gasteiger partial charge on any atom is 0.296 e. The second-order valence-corrected chi connectivity index (χ2v) is 11.2. The van der Waals surface area contributed by atoms with Gasteiger partial charge in [-0.25, -0.2) is 4.98 Å². The quantitative estimate of drug-likeness (QED) is 0.193. The summed E-state index contributed by atoms with van der Waals surface area (Å²) in [5.41, 5.74) is 5.42. The average molecular weight is 573 g/mol. The van der Waals surface area contributed by atoms with E-state index < -0.39 is 23.5 Å². The van der Waals surface area contributed by atoms with Gasteiger partial charge in [0, 0.05) is 0 Å². The van der Waals surface area contributed by atoms with Crippen molar-refractivity contribution in [2.45, 2.75) is 26.5 Å². The molecule has 6 rings (SSSR count). The van der Waals surface area contributed by atoms with Gasteiger partial charge in [0.15, 0.2) is 16.7 Å². The van der Waals surface area contributed by atoms with E-state index in [0.717, 1.165) is 32.5 Å². The fourth-order valence-electron chi connectivity index (χ4n) is 5.14. The standard InChI is InChI=1S/C35H28N2O4S/c1-22-19-23(2)31-29(20-22)42-35(36-31)37-32(26-14-16-27(17-15-26)41-21-25-11-7-4-8-12-25)30(33(39)34(37)40)28(38)18-13-24-9-5-3-6-10-24/h3-20,32,39H,21H2,1-2H3.